The van der Waals surface area contributed by atoms with Gasteiger partial charge in [0.15, 0.2) is 0 Å². The molecule has 0 N–H and O–H groups in total. The van der Waals surface area contributed by atoms with Crippen LogP contribution in [-0.4, -0.2) is 18.0 Å². The third-order valence-electron chi connectivity index (χ3n) is 2.50. The summed E-state index contributed by atoms with van der Waals surface area (Å²) in [6, 6.07) is 7.25. The summed E-state index contributed by atoms with van der Waals surface area (Å²) in [5.74, 6) is 0. The van der Waals surface area contributed by atoms with Crippen LogP contribution in [0.3, 0.4) is 0 Å². The Morgan fingerprint density at radius 1 is 1.19 bits per heavy atom. The van der Waals surface area contributed by atoms with E-state index in [0.717, 1.165) is 18.7 Å². The molecule has 2 nitrogen and oxygen atoms in total. The first-order valence-corrected chi connectivity index (χ1v) is 5.97. The van der Waals surface area contributed by atoms with Crippen LogP contribution >= 0.6 is 23.2 Å². The topological polar surface area (TPSA) is 27.0 Å². The van der Waals surface area contributed by atoms with Gasteiger partial charge >= 0.3 is 0 Å². The smallest absolute Gasteiger partial charge is 0.123 e. The summed E-state index contributed by atoms with van der Waals surface area (Å²) >= 11 is 11.9. The number of nitriles is 1. The molecule has 0 amide bonds. The fraction of sp³-hybridized carbons (Fsp3) is 0.417. The molecule has 0 spiro atoms. The maximum atomic E-state index is 9.22. The molecule has 1 aromatic carbocycles. The molecule has 0 saturated heterocycles. The van der Waals surface area contributed by atoms with Gasteiger partial charge in [-0.25, -0.2) is 0 Å². The molecule has 1 unspecified atom stereocenters. The average Bonchev–Trinajstić information content (AvgIpc) is 2.24. The highest BCUT2D eigenvalue weighted by Crippen LogP contribution is 2.26. The fourth-order valence-electron chi connectivity index (χ4n) is 1.69. The van der Waals surface area contributed by atoms with E-state index in [9.17, 15) is 5.26 Å². The van der Waals surface area contributed by atoms with Crippen molar-refractivity contribution >= 4 is 23.2 Å². The molecule has 86 valence electrons. The second-order valence-electron chi connectivity index (χ2n) is 3.46. The van der Waals surface area contributed by atoms with Gasteiger partial charge in [-0.1, -0.05) is 37.0 Å². The van der Waals surface area contributed by atoms with Crippen molar-refractivity contribution in [1.29, 1.82) is 5.26 Å². The van der Waals surface area contributed by atoms with Gasteiger partial charge in [-0.05, 0) is 36.9 Å². The first-order chi connectivity index (χ1) is 7.62. The third kappa shape index (κ3) is 3.12. The SMILES string of the molecule is CCN(CC)C(C#N)c1cc(Cl)cc(Cl)c1. The molecule has 0 bridgehead atoms. The average molecular weight is 257 g/mol. The lowest BCUT2D eigenvalue weighted by Gasteiger charge is -2.24. The molecule has 0 saturated carbocycles. The summed E-state index contributed by atoms with van der Waals surface area (Å²) < 4.78 is 0. The largest absolute Gasteiger partial charge is 0.285 e. The highest BCUT2D eigenvalue weighted by molar-refractivity contribution is 6.34. The van der Waals surface area contributed by atoms with Crippen molar-refractivity contribution in [2.24, 2.45) is 0 Å². The number of benzene rings is 1. The van der Waals surface area contributed by atoms with Crippen LogP contribution in [0, 0.1) is 11.3 Å². The van der Waals surface area contributed by atoms with Crippen molar-refractivity contribution in [3.05, 3.63) is 33.8 Å². The Hall–Kier alpha value is -0.750. The molecule has 0 aromatic heterocycles. The zero-order chi connectivity index (χ0) is 12.1. The second kappa shape index (κ2) is 6.10. The van der Waals surface area contributed by atoms with Crippen LogP contribution in [0.25, 0.3) is 0 Å². The van der Waals surface area contributed by atoms with Crippen molar-refractivity contribution in [3.63, 3.8) is 0 Å². The molecule has 0 fully saturated rings. The molecule has 1 rings (SSSR count). The van der Waals surface area contributed by atoms with E-state index >= 15 is 0 Å². The standard InChI is InChI=1S/C12H14Cl2N2/c1-3-16(4-2)12(8-15)9-5-10(13)7-11(14)6-9/h5-7,12H,3-4H2,1-2H3. The number of hydrogen-bond donors (Lipinski definition) is 0. The maximum absolute atomic E-state index is 9.22. The van der Waals surface area contributed by atoms with Crippen molar-refractivity contribution in [2.45, 2.75) is 19.9 Å². The minimum Gasteiger partial charge on any atom is -0.285 e. The molecule has 0 aliphatic heterocycles. The van der Waals surface area contributed by atoms with E-state index in [2.05, 4.69) is 11.0 Å². The Morgan fingerprint density at radius 3 is 2.06 bits per heavy atom. The lowest BCUT2D eigenvalue weighted by Crippen LogP contribution is -2.27. The Kier molecular flexibility index (Phi) is 5.08. The van der Waals surface area contributed by atoms with E-state index in [1.54, 1.807) is 18.2 Å². The number of hydrogen-bond acceptors (Lipinski definition) is 2. The molecule has 1 atom stereocenters. The van der Waals surface area contributed by atoms with E-state index < -0.39 is 0 Å². The summed E-state index contributed by atoms with van der Waals surface area (Å²) in [4.78, 5) is 2.06. The molecule has 0 heterocycles. The zero-order valence-electron chi connectivity index (χ0n) is 9.37. The maximum Gasteiger partial charge on any atom is 0.123 e. The Morgan fingerprint density at radius 2 is 1.69 bits per heavy atom. The van der Waals surface area contributed by atoms with E-state index in [1.165, 1.54) is 0 Å². The Labute approximate surface area is 106 Å². The van der Waals surface area contributed by atoms with Crippen LogP contribution in [-0.2, 0) is 0 Å². The van der Waals surface area contributed by atoms with E-state index in [1.807, 2.05) is 13.8 Å². The van der Waals surface area contributed by atoms with Gasteiger partial charge in [-0.3, -0.25) is 4.90 Å². The highest BCUT2D eigenvalue weighted by Gasteiger charge is 2.17. The number of nitrogens with zero attached hydrogens (tertiary/aromatic N) is 2. The van der Waals surface area contributed by atoms with E-state index in [4.69, 9.17) is 23.2 Å². The van der Waals surface area contributed by atoms with Crippen LogP contribution in [0.5, 0.6) is 0 Å². The van der Waals surface area contributed by atoms with Gasteiger partial charge in [-0.2, -0.15) is 5.26 Å². The molecule has 0 aliphatic carbocycles. The minimum atomic E-state index is -0.286. The lowest BCUT2D eigenvalue weighted by atomic mass is 10.1. The number of rotatable bonds is 4. The normalized spacial score (nSPS) is 12.5. The fourth-order valence-corrected chi connectivity index (χ4v) is 2.23. The van der Waals surface area contributed by atoms with Gasteiger partial charge in [0.1, 0.15) is 6.04 Å². The highest BCUT2D eigenvalue weighted by atomic mass is 35.5. The van der Waals surface area contributed by atoms with Crippen LogP contribution < -0.4 is 0 Å². The summed E-state index contributed by atoms with van der Waals surface area (Å²) in [5, 5.41) is 10.3. The summed E-state index contributed by atoms with van der Waals surface area (Å²) in [6.45, 7) is 5.69. The molecular weight excluding hydrogens is 243 g/mol. The van der Waals surface area contributed by atoms with Crippen LogP contribution in [0.15, 0.2) is 18.2 Å². The van der Waals surface area contributed by atoms with Crippen molar-refractivity contribution in [1.82, 2.24) is 4.90 Å². The van der Waals surface area contributed by atoms with Crippen molar-refractivity contribution < 1.29 is 0 Å². The van der Waals surface area contributed by atoms with Crippen LogP contribution in [0.4, 0.5) is 0 Å². The monoisotopic (exact) mass is 256 g/mol. The van der Waals surface area contributed by atoms with Gasteiger partial charge in [-0.15, -0.1) is 0 Å². The predicted molar refractivity (Wildman–Crippen MR) is 67.7 cm³/mol. The van der Waals surface area contributed by atoms with Gasteiger partial charge in [0, 0.05) is 10.0 Å². The quantitative estimate of drug-likeness (QED) is 0.817. The third-order valence-corrected chi connectivity index (χ3v) is 2.94. The van der Waals surface area contributed by atoms with E-state index in [0.29, 0.717) is 10.0 Å². The molecule has 0 radical (unpaired) electrons. The summed E-state index contributed by atoms with van der Waals surface area (Å²) in [6.07, 6.45) is 0. The summed E-state index contributed by atoms with van der Waals surface area (Å²) in [5.41, 5.74) is 0.851. The van der Waals surface area contributed by atoms with Gasteiger partial charge in [0.2, 0.25) is 0 Å². The minimum absolute atomic E-state index is 0.286. The molecular formula is C12H14Cl2N2. The van der Waals surface area contributed by atoms with Gasteiger partial charge in [0.05, 0.1) is 6.07 Å². The van der Waals surface area contributed by atoms with Gasteiger partial charge in [0.25, 0.3) is 0 Å². The zero-order valence-corrected chi connectivity index (χ0v) is 10.9. The van der Waals surface area contributed by atoms with Crippen LogP contribution in [0.2, 0.25) is 10.0 Å². The molecule has 1 aromatic rings. The Bertz CT molecular complexity index is 374. The Balaban J connectivity index is 3.08. The molecule has 0 aliphatic rings. The molecule has 4 heteroatoms. The van der Waals surface area contributed by atoms with Crippen molar-refractivity contribution in [2.75, 3.05) is 13.1 Å². The van der Waals surface area contributed by atoms with Crippen LogP contribution in [0.1, 0.15) is 25.5 Å². The summed E-state index contributed by atoms with van der Waals surface area (Å²) in [7, 11) is 0. The van der Waals surface area contributed by atoms with Crippen molar-refractivity contribution in [3.8, 4) is 6.07 Å². The molecule has 16 heavy (non-hydrogen) atoms. The first-order valence-electron chi connectivity index (χ1n) is 5.22. The first kappa shape index (κ1) is 13.3. The van der Waals surface area contributed by atoms with E-state index in [-0.39, 0.29) is 6.04 Å². The lowest BCUT2D eigenvalue weighted by molar-refractivity contribution is 0.262. The van der Waals surface area contributed by atoms with Gasteiger partial charge < -0.3 is 0 Å². The predicted octanol–water partition coefficient (Wildman–Crippen LogP) is 3.90. The number of halogens is 2. The second-order valence-corrected chi connectivity index (χ2v) is 4.33.